The Morgan fingerprint density at radius 2 is 1.86 bits per heavy atom. The van der Waals surface area contributed by atoms with Gasteiger partial charge in [-0.05, 0) is 56.2 Å². The van der Waals surface area contributed by atoms with E-state index in [1.54, 1.807) is 11.3 Å². The van der Waals surface area contributed by atoms with Gasteiger partial charge in [-0.2, -0.15) is 0 Å². The zero-order chi connectivity index (χ0) is 19.5. The lowest BCUT2D eigenvalue weighted by Crippen LogP contribution is -2.45. The number of hydrogen-bond donors (Lipinski definition) is 1. The summed E-state index contributed by atoms with van der Waals surface area (Å²) in [5.41, 5.74) is 4.68. The molecule has 150 valence electrons. The van der Waals surface area contributed by atoms with Crippen molar-refractivity contribution in [2.24, 2.45) is 0 Å². The van der Waals surface area contributed by atoms with Crippen LogP contribution in [0.15, 0.2) is 29.6 Å². The highest BCUT2D eigenvalue weighted by molar-refractivity contribution is 7.10. The highest BCUT2D eigenvalue weighted by Gasteiger charge is 2.23. The fourth-order valence-electron chi connectivity index (χ4n) is 4.49. The summed E-state index contributed by atoms with van der Waals surface area (Å²) in [6, 6.07) is 8.45. The lowest BCUT2D eigenvalue weighted by molar-refractivity contribution is -0.0705. The molecule has 0 radical (unpaired) electrons. The number of hydrogen-bond acceptors (Lipinski definition) is 4. The maximum Gasteiger partial charge on any atom is 0.252 e. The summed E-state index contributed by atoms with van der Waals surface area (Å²) in [7, 11) is 0. The largest absolute Gasteiger partial charge is 0.373 e. The lowest BCUT2D eigenvalue weighted by atomic mass is 9.95. The third-order valence-electron chi connectivity index (χ3n) is 5.75. The molecule has 1 fully saturated rings. The van der Waals surface area contributed by atoms with E-state index in [0.29, 0.717) is 6.54 Å². The van der Waals surface area contributed by atoms with Crippen molar-refractivity contribution in [2.45, 2.75) is 64.8 Å². The van der Waals surface area contributed by atoms with E-state index in [1.807, 2.05) is 5.38 Å². The van der Waals surface area contributed by atoms with Crippen LogP contribution in [0.4, 0.5) is 0 Å². The second-order valence-electron chi connectivity index (χ2n) is 8.16. The van der Waals surface area contributed by atoms with Gasteiger partial charge in [0.15, 0.2) is 0 Å². The van der Waals surface area contributed by atoms with Crippen molar-refractivity contribution in [3.05, 3.63) is 56.8 Å². The van der Waals surface area contributed by atoms with Crippen molar-refractivity contribution in [3.63, 3.8) is 0 Å². The minimum atomic E-state index is 0.0721. The standard InChI is InChI=1S/C23H30N2O2S/c1-16-12-25(13-17(2)27-16)14-19-8-4-3-7-18(19)11-24-23(26)21-15-28-22-10-6-5-9-20(21)22/h3-4,7-8,15-17H,5-6,9-14H2,1-2H3,(H,24,26). The van der Waals surface area contributed by atoms with Crippen LogP contribution in [0.3, 0.4) is 0 Å². The second kappa shape index (κ2) is 8.76. The highest BCUT2D eigenvalue weighted by Crippen LogP contribution is 2.30. The van der Waals surface area contributed by atoms with Gasteiger partial charge in [0, 0.05) is 36.4 Å². The topological polar surface area (TPSA) is 41.6 Å². The van der Waals surface area contributed by atoms with Gasteiger partial charge < -0.3 is 10.1 Å². The van der Waals surface area contributed by atoms with Crippen LogP contribution in [0.25, 0.3) is 0 Å². The van der Waals surface area contributed by atoms with E-state index < -0.39 is 0 Å². The zero-order valence-electron chi connectivity index (χ0n) is 16.9. The molecule has 0 bridgehead atoms. The first-order valence-electron chi connectivity index (χ1n) is 10.4. The molecular weight excluding hydrogens is 368 g/mol. The molecule has 2 atom stereocenters. The van der Waals surface area contributed by atoms with Gasteiger partial charge in [-0.1, -0.05) is 24.3 Å². The molecule has 0 saturated carbocycles. The summed E-state index contributed by atoms with van der Waals surface area (Å²) < 4.78 is 5.85. The number of morpholine rings is 1. The molecule has 4 nitrogen and oxygen atoms in total. The maximum atomic E-state index is 12.8. The van der Waals surface area contributed by atoms with E-state index in [2.05, 4.69) is 48.3 Å². The molecule has 1 aromatic heterocycles. The minimum Gasteiger partial charge on any atom is -0.373 e. The van der Waals surface area contributed by atoms with Gasteiger partial charge >= 0.3 is 0 Å². The number of thiophene rings is 1. The van der Waals surface area contributed by atoms with E-state index in [1.165, 1.54) is 34.4 Å². The summed E-state index contributed by atoms with van der Waals surface area (Å²) in [5.74, 6) is 0.0721. The number of benzene rings is 1. The van der Waals surface area contributed by atoms with Crippen molar-refractivity contribution < 1.29 is 9.53 Å². The van der Waals surface area contributed by atoms with Gasteiger partial charge in [-0.15, -0.1) is 11.3 Å². The van der Waals surface area contributed by atoms with Gasteiger partial charge in [-0.25, -0.2) is 0 Å². The SMILES string of the molecule is CC1CN(Cc2ccccc2CNC(=O)c2csc3c2CCCC3)CC(C)O1. The third-order valence-corrected chi connectivity index (χ3v) is 6.84. The number of carbonyl (C=O) groups excluding carboxylic acids is 1. The number of carbonyl (C=O) groups is 1. The minimum absolute atomic E-state index is 0.0721. The molecule has 2 aromatic rings. The molecule has 1 aliphatic carbocycles. The van der Waals surface area contributed by atoms with Gasteiger partial charge in [0.1, 0.15) is 0 Å². The summed E-state index contributed by atoms with van der Waals surface area (Å²) in [6.07, 6.45) is 5.16. The number of nitrogens with zero attached hydrogens (tertiary/aromatic N) is 1. The van der Waals surface area contributed by atoms with Gasteiger partial charge in [0.05, 0.1) is 17.8 Å². The van der Waals surface area contributed by atoms with E-state index in [-0.39, 0.29) is 18.1 Å². The smallest absolute Gasteiger partial charge is 0.252 e. The second-order valence-corrected chi connectivity index (χ2v) is 9.13. The normalized spacial score (nSPS) is 22.6. The Hall–Kier alpha value is -1.69. The van der Waals surface area contributed by atoms with Crippen LogP contribution >= 0.6 is 11.3 Å². The van der Waals surface area contributed by atoms with Crippen LogP contribution in [0.5, 0.6) is 0 Å². The van der Waals surface area contributed by atoms with Gasteiger partial charge in [0.2, 0.25) is 0 Å². The monoisotopic (exact) mass is 398 g/mol. The molecule has 2 unspecified atom stereocenters. The number of ether oxygens (including phenoxy) is 1. The molecule has 4 rings (SSSR count). The Kier molecular flexibility index (Phi) is 6.14. The Bertz CT molecular complexity index is 822. The van der Waals surface area contributed by atoms with Crippen LogP contribution in [-0.4, -0.2) is 36.1 Å². The van der Waals surface area contributed by atoms with Crippen LogP contribution in [-0.2, 0) is 30.7 Å². The molecular formula is C23H30N2O2S. The first kappa shape index (κ1) is 19.6. The van der Waals surface area contributed by atoms with Crippen molar-refractivity contribution in [3.8, 4) is 0 Å². The average Bonchev–Trinajstić information content (AvgIpc) is 3.10. The number of fused-ring (bicyclic) bond motifs is 1. The van der Waals surface area contributed by atoms with Crippen LogP contribution in [0, 0.1) is 0 Å². The van der Waals surface area contributed by atoms with E-state index in [9.17, 15) is 4.79 Å². The average molecular weight is 399 g/mol. The molecule has 2 heterocycles. The summed E-state index contributed by atoms with van der Waals surface area (Å²) in [5, 5.41) is 5.22. The number of nitrogens with one attached hydrogen (secondary N) is 1. The predicted molar refractivity (Wildman–Crippen MR) is 114 cm³/mol. The number of amides is 1. The first-order chi connectivity index (χ1) is 13.6. The zero-order valence-corrected chi connectivity index (χ0v) is 17.7. The lowest BCUT2D eigenvalue weighted by Gasteiger charge is -2.35. The van der Waals surface area contributed by atoms with Crippen LogP contribution in [0.1, 0.15) is 58.6 Å². The molecule has 5 heteroatoms. The van der Waals surface area contributed by atoms with E-state index in [0.717, 1.165) is 38.0 Å². The molecule has 1 N–H and O–H groups in total. The van der Waals surface area contributed by atoms with Crippen LogP contribution in [0.2, 0.25) is 0 Å². The Morgan fingerprint density at radius 1 is 1.14 bits per heavy atom. The van der Waals surface area contributed by atoms with Crippen LogP contribution < -0.4 is 5.32 Å². The molecule has 2 aliphatic rings. The quantitative estimate of drug-likeness (QED) is 0.822. The highest BCUT2D eigenvalue weighted by atomic mass is 32.1. The van der Waals surface area contributed by atoms with Crippen molar-refractivity contribution in [1.29, 1.82) is 0 Å². The molecule has 1 saturated heterocycles. The van der Waals surface area contributed by atoms with Crippen molar-refractivity contribution >= 4 is 17.2 Å². The van der Waals surface area contributed by atoms with Gasteiger partial charge in [-0.3, -0.25) is 9.69 Å². The molecule has 1 aromatic carbocycles. The Balaban J connectivity index is 1.41. The van der Waals surface area contributed by atoms with Gasteiger partial charge in [0.25, 0.3) is 5.91 Å². The molecule has 0 spiro atoms. The first-order valence-corrected chi connectivity index (χ1v) is 11.3. The van der Waals surface area contributed by atoms with Crippen molar-refractivity contribution in [1.82, 2.24) is 10.2 Å². The predicted octanol–water partition coefficient (Wildman–Crippen LogP) is 4.17. The summed E-state index contributed by atoms with van der Waals surface area (Å²) in [6.45, 7) is 7.65. The fraction of sp³-hybridized carbons (Fsp3) is 0.522. The fourth-order valence-corrected chi connectivity index (χ4v) is 5.62. The molecule has 1 aliphatic heterocycles. The summed E-state index contributed by atoms with van der Waals surface area (Å²) >= 11 is 1.75. The maximum absolute atomic E-state index is 12.8. The summed E-state index contributed by atoms with van der Waals surface area (Å²) in [4.78, 5) is 16.7. The van der Waals surface area contributed by atoms with E-state index >= 15 is 0 Å². The number of aryl methyl sites for hydroxylation is 1. The van der Waals surface area contributed by atoms with Crippen molar-refractivity contribution in [2.75, 3.05) is 13.1 Å². The Morgan fingerprint density at radius 3 is 2.64 bits per heavy atom. The Labute approximate surface area is 171 Å². The number of rotatable bonds is 5. The van der Waals surface area contributed by atoms with E-state index in [4.69, 9.17) is 4.74 Å². The molecule has 28 heavy (non-hydrogen) atoms. The third kappa shape index (κ3) is 4.48. The molecule has 1 amide bonds.